The van der Waals surface area contributed by atoms with Gasteiger partial charge in [-0.3, -0.25) is 0 Å². The summed E-state index contributed by atoms with van der Waals surface area (Å²) in [6, 6.07) is 15.0. The number of esters is 1. The fraction of sp³-hybridized carbons (Fsp3) is 0.483. The lowest BCUT2D eigenvalue weighted by molar-refractivity contribution is -0.140. The third kappa shape index (κ3) is 6.48. The summed E-state index contributed by atoms with van der Waals surface area (Å²) in [4.78, 5) is 11.7. The number of ether oxygens (including phenoxy) is 1. The first-order chi connectivity index (χ1) is 15.6. The molecule has 2 aromatic carbocycles. The molecule has 0 N–H and O–H groups in total. The molecule has 0 spiro atoms. The van der Waals surface area contributed by atoms with Crippen LogP contribution in [0.4, 0.5) is 0 Å². The van der Waals surface area contributed by atoms with Gasteiger partial charge in [0, 0.05) is 33.9 Å². The topological polar surface area (TPSA) is 31.2 Å². The van der Waals surface area contributed by atoms with E-state index in [2.05, 4.69) is 60.5 Å². The van der Waals surface area contributed by atoms with Gasteiger partial charge in [0.25, 0.3) is 0 Å². The third-order valence-electron chi connectivity index (χ3n) is 6.29. The first kappa shape index (κ1) is 24.1. The Labute approximate surface area is 193 Å². The zero-order chi connectivity index (χ0) is 22.8. The minimum atomic E-state index is -0.339. The molecule has 1 heterocycles. The summed E-state index contributed by atoms with van der Waals surface area (Å²) in [5.41, 5.74) is 3.99. The largest absolute Gasteiger partial charge is 0.457 e. The Morgan fingerprint density at radius 3 is 2.16 bits per heavy atom. The first-order valence-corrected chi connectivity index (χ1v) is 12.4. The highest BCUT2D eigenvalue weighted by atomic mass is 16.5. The molecule has 0 unspecified atom stereocenters. The number of aryl methyl sites for hydroxylation is 1. The van der Waals surface area contributed by atoms with Gasteiger partial charge in [-0.2, -0.15) is 0 Å². The van der Waals surface area contributed by atoms with Crippen LogP contribution in [0.3, 0.4) is 0 Å². The molecular formula is C29H39NO2. The molecule has 3 aromatic rings. The number of rotatable bonds is 14. The second-order valence-corrected chi connectivity index (χ2v) is 9.06. The maximum atomic E-state index is 11.7. The highest BCUT2D eigenvalue weighted by Gasteiger charge is 2.11. The maximum Gasteiger partial charge on any atom is 0.333 e. The number of fused-ring (bicyclic) bond motifs is 3. The van der Waals surface area contributed by atoms with Gasteiger partial charge in [-0.25, -0.2) is 4.79 Å². The van der Waals surface area contributed by atoms with Crippen molar-refractivity contribution in [1.82, 2.24) is 4.57 Å². The Morgan fingerprint density at radius 1 is 0.844 bits per heavy atom. The van der Waals surface area contributed by atoms with Gasteiger partial charge in [0.15, 0.2) is 0 Å². The lowest BCUT2D eigenvalue weighted by Gasteiger charge is -2.09. The maximum absolute atomic E-state index is 11.7. The van der Waals surface area contributed by atoms with E-state index in [0.717, 1.165) is 12.1 Å². The monoisotopic (exact) mass is 433 g/mol. The van der Waals surface area contributed by atoms with Crippen molar-refractivity contribution in [2.45, 2.75) is 91.2 Å². The fourth-order valence-electron chi connectivity index (χ4n) is 4.46. The molecule has 0 bridgehead atoms. The van der Waals surface area contributed by atoms with Crippen molar-refractivity contribution < 1.29 is 9.53 Å². The quantitative estimate of drug-likeness (QED) is 0.145. The van der Waals surface area contributed by atoms with E-state index >= 15 is 0 Å². The Morgan fingerprint density at radius 2 is 1.47 bits per heavy atom. The van der Waals surface area contributed by atoms with Gasteiger partial charge < -0.3 is 9.30 Å². The molecule has 0 aliphatic carbocycles. The molecule has 0 saturated heterocycles. The van der Waals surface area contributed by atoms with Gasteiger partial charge in [0.2, 0.25) is 0 Å². The Hall–Kier alpha value is -2.55. The molecule has 32 heavy (non-hydrogen) atoms. The molecule has 0 radical (unpaired) electrons. The van der Waals surface area contributed by atoms with E-state index in [1.807, 2.05) is 0 Å². The fourth-order valence-corrected chi connectivity index (χ4v) is 4.46. The molecule has 0 amide bonds. The van der Waals surface area contributed by atoms with Crippen molar-refractivity contribution in [2.24, 2.45) is 0 Å². The van der Waals surface area contributed by atoms with Gasteiger partial charge >= 0.3 is 5.97 Å². The van der Waals surface area contributed by atoms with E-state index in [9.17, 15) is 4.79 Å². The summed E-state index contributed by atoms with van der Waals surface area (Å²) in [5.74, 6) is -0.339. The van der Waals surface area contributed by atoms with Crippen LogP contribution in [0, 0.1) is 0 Å². The average Bonchev–Trinajstić information content (AvgIpc) is 3.11. The zero-order valence-corrected chi connectivity index (χ0v) is 20.0. The van der Waals surface area contributed by atoms with Gasteiger partial charge in [-0.1, -0.05) is 95.6 Å². The lowest BCUT2D eigenvalue weighted by Crippen LogP contribution is -2.04. The standard InChI is InChI=1S/C29H39NO2/c1-4-5-6-7-8-9-10-11-12-15-20-30-27-17-14-13-16-25(27)26-21-24(18-19-28(26)30)22-32-29(31)23(2)3/h13-14,16-19,21H,2,4-12,15,20,22H2,1,3H3. The Kier molecular flexibility index (Phi) is 9.40. The van der Waals surface area contributed by atoms with Crippen LogP contribution < -0.4 is 0 Å². The molecule has 172 valence electrons. The van der Waals surface area contributed by atoms with Crippen LogP contribution in [0.25, 0.3) is 21.8 Å². The smallest absolute Gasteiger partial charge is 0.333 e. The Bertz CT molecular complexity index is 1030. The van der Waals surface area contributed by atoms with Gasteiger partial charge in [-0.15, -0.1) is 0 Å². The SMILES string of the molecule is C=C(C)C(=O)OCc1ccc2c(c1)c1ccccc1n2CCCCCCCCCCCC. The minimum absolute atomic E-state index is 0.277. The second kappa shape index (κ2) is 12.5. The van der Waals surface area contributed by atoms with Crippen molar-refractivity contribution in [3.05, 3.63) is 60.2 Å². The number of para-hydroxylation sites is 1. The van der Waals surface area contributed by atoms with E-state index in [-0.39, 0.29) is 12.6 Å². The molecule has 0 saturated carbocycles. The zero-order valence-electron chi connectivity index (χ0n) is 20.0. The molecule has 3 heteroatoms. The van der Waals surface area contributed by atoms with Crippen LogP contribution >= 0.6 is 0 Å². The van der Waals surface area contributed by atoms with E-state index in [1.54, 1.807) is 6.92 Å². The van der Waals surface area contributed by atoms with Crippen LogP contribution in [-0.2, 0) is 22.7 Å². The van der Waals surface area contributed by atoms with Crippen LogP contribution in [0.2, 0.25) is 0 Å². The molecule has 0 fully saturated rings. The molecule has 0 aliphatic rings. The molecule has 3 nitrogen and oxygen atoms in total. The summed E-state index contributed by atoms with van der Waals surface area (Å²) in [6.45, 7) is 8.92. The first-order valence-electron chi connectivity index (χ1n) is 12.4. The van der Waals surface area contributed by atoms with Crippen LogP contribution in [0.1, 0.15) is 83.6 Å². The van der Waals surface area contributed by atoms with Gasteiger partial charge in [0.05, 0.1) is 0 Å². The van der Waals surface area contributed by atoms with Crippen molar-refractivity contribution in [3.63, 3.8) is 0 Å². The summed E-state index contributed by atoms with van der Waals surface area (Å²) in [7, 11) is 0. The number of hydrogen-bond donors (Lipinski definition) is 0. The average molecular weight is 434 g/mol. The predicted molar refractivity (Wildman–Crippen MR) is 136 cm³/mol. The number of nitrogens with zero attached hydrogens (tertiary/aromatic N) is 1. The van der Waals surface area contributed by atoms with Gasteiger partial charge in [0.1, 0.15) is 6.61 Å². The summed E-state index contributed by atoms with van der Waals surface area (Å²) >= 11 is 0. The van der Waals surface area contributed by atoms with Crippen LogP contribution in [0.5, 0.6) is 0 Å². The number of unbranched alkanes of at least 4 members (excludes halogenated alkanes) is 9. The summed E-state index contributed by atoms with van der Waals surface area (Å²) in [6.07, 6.45) is 13.5. The minimum Gasteiger partial charge on any atom is -0.457 e. The number of aromatic nitrogens is 1. The van der Waals surface area contributed by atoms with Crippen molar-refractivity contribution in [2.75, 3.05) is 0 Å². The van der Waals surface area contributed by atoms with Crippen molar-refractivity contribution in [1.29, 1.82) is 0 Å². The van der Waals surface area contributed by atoms with Crippen LogP contribution in [0.15, 0.2) is 54.6 Å². The second-order valence-electron chi connectivity index (χ2n) is 9.06. The van der Waals surface area contributed by atoms with Crippen LogP contribution in [-0.4, -0.2) is 10.5 Å². The van der Waals surface area contributed by atoms with Crippen molar-refractivity contribution >= 4 is 27.8 Å². The number of hydrogen-bond acceptors (Lipinski definition) is 2. The summed E-state index contributed by atoms with van der Waals surface area (Å²) in [5, 5.41) is 2.50. The van der Waals surface area contributed by atoms with Gasteiger partial charge in [-0.05, 0) is 37.1 Å². The molecule has 0 aliphatic heterocycles. The summed E-state index contributed by atoms with van der Waals surface area (Å²) < 4.78 is 7.81. The van der Waals surface area contributed by atoms with E-state index in [0.29, 0.717) is 5.57 Å². The van der Waals surface area contributed by atoms with Crippen molar-refractivity contribution in [3.8, 4) is 0 Å². The van der Waals surface area contributed by atoms with E-state index in [4.69, 9.17) is 4.74 Å². The van der Waals surface area contributed by atoms with E-state index in [1.165, 1.54) is 86.0 Å². The molecular weight excluding hydrogens is 394 g/mol. The lowest BCUT2D eigenvalue weighted by atomic mass is 10.1. The number of carbonyl (C=O) groups is 1. The highest BCUT2D eigenvalue weighted by Crippen LogP contribution is 2.30. The van der Waals surface area contributed by atoms with E-state index < -0.39 is 0 Å². The molecule has 3 rings (SSSR count). The molecule has 0 atom stereocenters. The third-order valence-corrected chi connectivity index (χ3v) is 6.29. The predicted octanol–water partition coefficient (Wildman–Crippen LogP) is 8.33. The Balaban J connectivity index is 1.59. The molecule has 1 aromatic heterocycles. The normalized spacial score (nSPS) is 11.3. The number of carbonyl (C=O) groups excluding carboxylic acids is 1. The number of benzene rings is 2. The highest BCUT2D eigenvalue weighted by molar-refractivity contribution is 6.08.